The summed E-state index contributed by atoms with van der Waals surface area (Å²) in [4.78, 5) is 29.0. The van der Waals surface area contributed by atoms with Crippen molar-refractivity contribution in [3.05, 3.63) is 82.9 Å². The van der Waals surface area contributed by atoms with Gasteiger partial charge in [0.15, 0.2) is 5.78 Å². The molecule has 5 nitrogen and oxygen atoms in total. The summed E-state index contributed by atoms with van der Waals surface area (Å²) in [5, 5.41) is 2.89. The van der Waals surface area contributed by atoms with Gasteiger partial charge < -0.3 is 9.88 Å². The number of benzene rings is 2. The highest BCUT2D eigenvalue weighted by Gasteiger charge is 2.14. The first-order chi connectivity index (χ1) is 14.6. The number of anilines is 1. The highest BCUT2D eigenvalue weighted by Crippen LogP contribution is 2.23. The molecule has 1 aliphatic rings. The molecule has 0 unspecified atom stereocenters. The Hall–Kier alpha value is -3.21. The number of nitrogens with zero attached hydrogens (tertiary/aromatic N) is 2. The molecule has 1 heterocycles. The molecule has 1 N–H and O–H groups in total. The maximum atomic E-state index is 12.5. The molecule has 30 heavy (non-hydrogen) atoms. The topological polar surface area (TPSA) is 64.0 Å². The molecule has 4 rings (SSSR count). The van der Waals surface area contributed by atoms with Gasteiger partial charge in [0.2, 0.25) is 5.91 Å². The van der Waals surface area contributed by atoms with Crippen LogP contribution in [0.4, 0.5) is 5.69 Å². The Kier molecular flexibility index (Phi) is 6.07. The predicted octanol–water partition coefficient (Wildman–Crippen LogP) is 4.72. The number of nitrogens with one attached hydrogen (secondary N) is 1. The lowest BCUT2D eigenvalue weighted by Crippen LogP contribution is -2.14. The van der Waals surface area contributed by atoms with Crippen molar-refractivity contribution in [3.8, 4) is 0 Å². The van der Waals surface area contributed by atoms with E-state index in [0.29, 0.717) is 0 Å². The zero-order chi connectivity index (χ0) is 20.9. The van der Waals surface area contributed by atoms with E-state index < -0.39 is 0 Å². The van der Waals surface area contributed by atoms with Gasteiger partial charge in [-0.1, -0.05) is 24.3 Å². The molecule has 2 aromatic carbocycles. The quantitative estimate of drug-likeness (QED) is 0.583. The average molecular weight is 402 g/mol. The van der Waals surface area contributed by atoms with E-state index in [1.165, 1.54) is 24.0 Å². The van der Waals surface area contributed by atoms with Gasteiger partial charge in [0.05, 0.1) is 0 Å². The summed E-state index contributed by atoms with van der Waals surface area (Å²) in [7, 11) is 0. The Bertz CT molecular complexity index is 1050. The van der Waals surface area contributed by atoms with Crippen LogP contribution in [0.1, 0.15) is 58.6 Å². The molecule has 0 saturated heterocycles. The number of aryl methyl sites for hydroxylation is 3. The molecule has 154 valence electrons. The van der Waals surface area contributed by atoms with E-state index in [2.05, 4.69) is 20.9 Å². The Balaban J connectivity index is 1.28. The van der Waals surface area contributed by atoms with Crippen molar-refractivity contribution in [1.29, 1.82) is 0 Å². The Morgan fingerprint density at radius 1 is 1.00 bits per heavy atom. The summed E-state index contributed by atoms with van der Waals surface area (Å²) >= 11 is 0. The van der Waals surface area contributed by atoms with Gasteiger partial charge in [-0.15, -0.1) is 0 Å². The number of carbonyl (C=O) groups excluding carboxylic acids is 2. The number of fused-ring (bicyclic) bond motifs is 1. The molecule has 1 aliphatic carbocycles. The minimum absolute atomic E-state index is 0.0320. The number of carbonyl (C=O) groups is 2. The third-order valence-electron chi connectivity index (χ3n) is 5.76. The first-order valence-corrected chi connectivity index (χ1v) is 10.6. The van der Waals surface area contributed by atoms with Crippen molar-refractivity contribution in [3.63, 3.8) is 0 Å². The van der Waals surface area contributed by atoms with Crippen molar-refractivity contribution >= 4 is 17.4 Å². The first-order valence-electron chi connectivity index (χ1n) is 10.6. The van der Waals surface area contributed by atoms with Gasteiger partial charge in [0, 0.05) is 43.0 Å². The van der Waals surface area contributed by atoms with Crippen LogP contribution in [0, 0.1) is 6.92 Å². The van der Waals surface area contributed by atoms with Crippen molar-refractivity contribution in [1.82, 2.24) is 9.55 Å². The maximum Gasteiger partial charge on any atom is 0.224 e. The van der Waals surface area contributed by atoms with Crippen LogP contribution >= 0.6 is 0 Å². The minimum Gasteiger partial charge on any atom is -0.331 e. The van der Waals surface area contributed by atoms with E-state index in [0.717, 1.165) is 42.0 Å². The number of hydrogen-bond acceptors (Lipinski definition) is 3. The van der Waals surface area contributed by atoms with E-state index in [1.54, 1.807) is 6.20 Å². The third kappa shape index (κ3) is 4.85. The van der Waals surface area contributed by atoms with Crippen molar-refractivity contribution in [2.45, 2.75) is 52.0 Å². The maximum absolute atomic E-state index is 12.5. The molecule has 3 aromatic rings. The summed E-state index contributed by atoms with van der Waals surface area (Å²) in [6, 6.07) is 13.8. The Morgan fingerprint density at radius 3 is 2.50 bits per heavy atom. The second kappa shape index (κ2) is 9.08. The molecule has 0 radical (unpaired) electrons. The van der Waals surface area contributed by atoms with E-state index in [4.69, 9.17) is 0 Å². The SMILES string of the molecule is Cc1nccn1Cc1ccc(NC(=O)CCC(=O)c2ccc3c(c2)CCCC3)cc1. The van der Waals surface area contributed by atoms with Gasteiger partial charge >= 0.3 is 0 Å². The highest BCUT2D eigenvalue weighted by atomic mass is 16.2. The van der Waals surface area contributed by atoms with Crippen LogP contribution in [0.5, 0.6) is 0 Å². The lowest BCUT2D eigenvalue weighted by molar-refractivity contribution is -0.116. The molecule has 0 fully saturated rings. The van der Waals surface area contributed by atoms with E-state index in [9.17, 15) is 9.59 Å². The first kappa shape index (κ1) is 20.1. The fraction of sp³-hybridized carbons (Fsp3) is 0.320. The Morgan fingerprint density at radius 2 is 1.77 bits per heavy atom. The van der Waals surface area contributed by atoms with Gasteiger partial charge in [-0.3, -0.25) is 9.59 Å². The molecule has 1 amide bonds. The normalized spacial score (nSPS) is 13.0. The minimum atomic E-state index is -0.139. The zero-order valence-electron chi connectivity index (χ0n) is 17.4. The monoisotopic (exact) mass is 401 g/mol. The van der Waals surface area contributed by atoms with Crippen LogP contribution in [0.15, 0.2) is 54.9 Å². The summed E-state index contributed by atoms with van der Waals surface area (Å²) in [5.41, 5.74) is 5.26. The second-order valence-corrected chi connectivity index (χ2v) is 7.96. The van der Waals surface area contributed by atoms with Crippen LogP contribution in [0.3, 0.4) is 0 Å². The number of Topliss-reactive ketones (excluding diaryl/α,β-unsaturated/α-hetero) is 1. The van der Waals surface area contributed by atoms with Gasteiger partial charge in [-0.25, -0.2) is 4.98 Å². The van der Waals surface area contributed by atoms with E-state index >= 15 is 0 Å². The molecule has 0 bridgehead atoms. The van der Waals surface area contributed by atoms with Gasteiger partial charge in [0.1, 0.15) is 5.82 Å². The van der Waals surface area contributed by atoms with Crippen LogP contribution in [-0.2, 0) is 24.2 Å². The van der Waals surface area contributed by atoms with Crippen molar-refractivity contribution < 1.29 is 9.59 Å². The summed E-state index contributed by atoms with van der Waals surface area (Å²) in [5.74, 6) is 0.861. The standard InChI is InChI=1S/C25H27N3O2/c1-18-26-14-15-28(18)17-19-6-10-23(11-7-19)27-25(30)13-12-24(29)22-9-8-20-4-2-3-5-21(20)16-22/h6-11,14-16H,2-5,12-13,17H2,1H3,(H,27,30). The molecular formula is C25H27N3O2. The van der Waals surface area contributed by atoms with Gasteiger partial charge in [-0.2, -0.15) is 0 Å². The van der Waals surface area contributed by atoms with Crippen LogP contribution in [-0.4, -0.2) is 21.2 Å². The highest BCUT2D eigenvalue weighted by molar-refractivity contribution is 6.00. The Labute approximate surface area is 177 Å². The number of hydrogen-bond donors (Lipinski definition) is 1. The zero-order valence-corrected chi connectivity index (χ0v) is 17.4. The number of imidazole rings is 1. The number of rotatable bonds is 7. The molecule has 5 heteroatoms. The molecular weight excluding hydrogens is 374 g/mol. The van der Waals surface area contributed by atoms with E-state index in [-0.39, 0.29) is 24.5 Å². The van der Waals surface area contributed by atoms with Crippen molar-refractivity contribution in [2.75, 3.05) is 5.32 Å². The number of aromatic nitrogens is 2. The van der Waals surface area contributed by atoms with Crippen LogP contribution in [0.25, 0.3) is 0 Å². The average Bonchev–Trinajstić information content (AvgIpc) is 3.17. The van der Waals surface area contributed by atoms with Crippen molar-refractivity contribution in [2.24, 2.45) is 0 Å². The van der Waals surface area contributed by atoms with Crippen LogP contribution in [0.2, 0.25) is 0 Å². The largest absolute Gasteiger partial charge is 0.331 e. The summed E-state index contributed by atoms with van der Waals surface area (Å²) < 4.78 is 2.07. The second-order valence-electron chi connectivity index (χ2n) is 7.96. The smallest absolute Gasteiger partial charge is 0.224 e. The van der Waals surface area contributed by atoms with E-state index in [1.807, 2.05) is 49.5 Å². The molecule has 0 spiro atoms. The predicted molar refractivity (Wildman–Crippen MR) is 118 cm³/mol. The number of ketones is 1. The fourth-order valence-corrected chi connectivity index (χ4v) is 3.96. The van der Waals surface area contributed by atoms with Crippen LogP contribution < -0.4 is 5.32 Å². The van der Waals surface area contributed by atoms with Gasteiger partial charge in [0.25, 0.3) is 0 Å². The summed E-state index contributed by atoms with van der Waals surface area (Å²) in [6.45, 7) is 2.72. The summed E-state index contributed by atoms with van der Waals surface area (Å²) in [6.07, 6.45) is 8.72. The molecule has 1 aromatic heterocycles. The fourth-order valence-electron chi connectivity index (χ4n) is 3.96. The molecule has 0 saturated carbocycles. The lowest BCUT2D eigenvalue weighted by Gasteiger charge is -2.16. The molecule has 0 aliphatic heterocycles. The third-order valence-corrected chi connectivity index (χ3v) is 5.76. The number of amides is 1. The van der Waals surface area contributed by atoms with Gasteiger partial charge in [-0.05, 0) is 67.5 Å². The molecule has 0 atom stereocenters. The lowest BCUT2D eigenvalue weighted by atomic mass is 9.89.